The number of aliphatic hydroxyl groups excluding tert-OH is 1. The highest BCUT2D eigenvalue weighted by Crippen LogP contribution is 2.37. The largest absolute Gasteiger partial charge is 0.516 e. The van der Waals surface area contributed by atoms with Crippen LogP contribution < -0.4 is 0 Å². The third-order valence-corrected chi connectivity index (χ3v) is 5.55. The number of thiophene rings is 1. The maximum atomic E-state index is 7.33. The van der Waals surface area contributed by atoms with Crippen molar-refractivity contribution < 1.29 is 5.11 Å². The van der Waals surface area contributed by atoms with Gasteiger partial charge in [-0.1, -0.05) is 55.1 Å². The molecule has 0 atom stereocenters. The van der Waals surface area contributed by atoms with Crippen molar-refractivity contribution in [2.24, 2.45) is 0 Å². The van der Waals surface area contributed by atoms with Gasteiger partial charge in [-0.2, -0.15) is 11.3 Å². The van der Waals surface area contributed by atoms with Crippen molar-refractivity contribution in [1.82, 2.24) is 4.98 Å². The van der Waals surface area contributed by atoms with Gasteiger partial charge >= 0.3 is 0 Å². The van der Waals surface area contributed by atoms with Gasteiger partial charge in [-0.05, 0) is 69.4 Å². The van der Waals surface area contributed by atoms with Gasteiger partial charge < -0.3 is 5.11 Å². The first-order chi connectivity index (χ1) is 14.2. The Labute approximate surface area is 174 Å². The molecule has 0 saturated heterocycles. The Hall–Kier alpha value is -3.43. The first-order valence-corrected chi connectivity index (χ1v) is 10.3. The van der Waals surface area contributed by atoms with E-state index in [1.807, 2.05) is 0 Å². The topological polar surface area (TPSA) is 33.1 Å². The Morgan fingerprint density at radius 3 is 2.45 bits per heavy atom. The molecule has 0 bridgehead atoms. The standard InChI is InChI=1S/C24H17NS.C2H4O/c1-16-9-10-18-13-20(19-11-12-26-15-19)14-23(24(18)25-16)22-8-4-6-17-5-2-3-7-21(17)22;1-2-3/h2-15H,1H3;2-3H,1H2. The maximum absolute atomic E-state index is 7.33. The third-order valence-electron chi connectivity index (χ3n) is 4.87. The summed E-state index contributed by atoms with van der Waals surface area (Å²) in [6.45, 7) is 4.97. The van der Waals surface area contributed by atoms with Crippen LogP contribution in [0.4, 0.5) is 0 Å². The number of nitrogens with zero attached hydrogens (tertiary/aromatic N) is 1. The minimum atomic E-state index is 0.750. The number of hydrogen-bond donors (Lipinski definition) is 1. The molecule has 0 aliphatic heterocycles. The second kappa shape index (κ2) is 8.29. The van der Waals surface area contributed by atoms with E-state index in [4.69, 9.17) is 10.1 Å². The zero-order valence-corrected chi connectivity index (χ0v) is 17.0. The van der Waals surface area contributed by atoms with Crippen LogP contribution in [0, 0.1) is 6.92 Å². The van der Waals surface area contributed by atoms with Gasteiger partial charge in [0.1, 0.15) is 0 Å². The van der Waals surface area contributed by atoms with Crippen molar-refractivity contribution in [3.05, 3.63) is 102 Å². The highest BCUT2D eigenvalue weighted by molar-refractivity contribution is 7.08. The summed E-state index contributed by atoms with van der Waals surface area (Å²) >= 11 is 1.73. The Balaban J connectivity index is 0.000000645. The second-order valence-corrected chi connectivity index (χ2v) is 7.55. The van der Waals surface area contributed by atoms with Crippen LogP contribution in [0.2, 0.25) is 0 Å². The van der Waals surface area contributed by atoms with Crippen LogP contribution in [0.5, 0.6) is 0 Å². The Kier molecular flexibility index (Phi) is 5.41. The molecule has 0 aliphatic carbocycles. The van der Waals surface area contributed by atoms with E-state index >= 15 is 0 Å². The fourth-order valence-electron chi connectivity index (χ4n) is 3.59. The van der Waals surface area contributed by atoms with Gasteiger partial charge in [0, 0.05) is 16.6 Å². The molecule has 0 radical (unpaired) electrons. The summed E-state index contributed by atoms with van der Waals surface area (Å²) in [7, 11) is 0. The van der Waals surface area contributed by atoms with E-state index < -0.39 is 0 Å². The number of pyridine rings is 1. The van der Waals surface area contributed by atoms with E-state index in [9.17, 15) is 0 Å². The molecule has 0 fully saturated rings. The lowest BCUT2D eigenvalue weighted by molar-refractivity contribution is 0.476. The minimum absolute atomic E-state index is 0.750. The van der Waals surface area contributed by atoms with Crippen LogP contribution in [0.25, 0.3) is 43.9 Å². The van der Waals surface area contributed by atoms with Gasteiger partial charge in [0.05, 0.1) is 11.8 Å². The lowest BCUT2D eigenvalue weighted by Gasteiger charge is -2.12. The van der Waals surface area contributed by atoms with Crippen molar-refractivity contribution in [2.45, 2.75) is 6.92 Å². The van der Waals surface area contributed by atoms with E-state index in [2.05, 4.69) is 97.1 Å². The van der Waals surface area contributed by atoms with E-state index in [0.29, 0.717) is 0 Å². The fourth-order valence-corrected chi connectivity index (χ4v) is 4.26. The molecule has 2 nitrogen and oxygen atoms in total. The molecule has 0 unspecified atom stereocenters. The molecule has 0 aliphatic rings. The molecular weight excluding hydrogens is 374 g/mol. The van der Waals surface area contributed by atoms with Crippen LogP contribution in [0.15, 0.2) is 96.4 Å². The first-order valence-electron chi connectivity index (χ1n) is 9.38. The zero-order valence-electron chi connectivity index (χ0n) is 16.2. The number of hydrogen-bond acceptors (Lipinski definition) is 3. The smallest absolute Gasteiger partial charge is 0.0784 e. The molecule has 29 heavy (non-hydrogen) atoms. The van der Waals surface area contributed by atoms with E-state index in [-0.39, 0.29) is 0 Å². The maximum Gasteiger partial charge on any atom is 0.0784 e. The molecule has 142 valence electrons. The zero-order chi connectivity index (χ0) is 20.2. The highest BCUT2D eigenvalue weighted by Gasteiger charge is 2.12. The van der Waals surface area contributed by atoms with Crippen LogP contribution in [-0.4, -0.2) is 10.1 Å². The monoisotopic (exact) mass is 395 g/mol. The highest BCUT2D eigenvalue weighted by atomic mass is 32.1. The van der Waals surface area contributed by atoms with Crippen LogP contribution in [0.3, 0.4) is 0 Å². The van der Waals surface area contributed by atoms with Crippen LogP contribution in [-0.2, 0) is 0 Å². The molecule has 1 N–H and O–H groups in total. The average molecular weight is 396 g/mol. The number of aryl methyl sites for hydroxylation is 1. The Morgan fingerprint density at radius 2 is 1.66 bits per heavy atom. The van der Waals surface area contributed by atoms with Crippen molar-refractivity contribution in [3.63, 3.8) is 0 Å². The molecule has 2 heterocycles. The molecule has 5 aromatic rings. The number of rotatable bonds is 2. The van der Waals surface area contributed by atoms with Gasteiger partial charge in [0.25, 0.3) is 0 Å². The summed E-state index contributed by atoms with van der Waals surface area (Å²) in [5.41, 5.74) is 7.06. The molecule has 0 amide bonds. The van der Waals surface area contributed by atoms with Gasteiger partial charge in [-0.3, -0.25) is 4.98 Å². The van der Waals surface area contributed by atoms with Crippen molar-refractivity contribution in [2.75, 3.05) is 0 Å². The Morgan fingerprint density at radius 1 is 0.862 bits per heavy atom. The number of aromatic nitrogens is 1. The summed E-state index contributed by atoms with van der Waals surface area (Å²) < 4.78 is 0. The van der Waals surface area contributed by atoms with E-state index in [1.165, 1.54) is 38.4 Å². The predicted octanol–water partition coefficient (Wildman–Crippen LogP) is 7.78. The van der Waals surface area contributed by atoms with Gasteiger partial charge in [-0.15, -0.1) is 0 Å². The predicted molar refractivity (Wildman–Crippen MR) is 126 cm³/mol. The van der Waals surface area contributed by atoms with Gasteiger partial charge in [-0.25, -0.2) is 0 Å². The molecule has 2 aromatic heterocycles. The Bertz CT molecular complexity index is 1280. The molecule has 3 heteroatoms. The quantitative estimate of drug-likeness (QED) is 0.310. The van der Waals surface area contributed by atoms with E-state index in [0.717, 1.165) is 17.5 Å². The van der Waals surface area contributed by atoms with Crippen molar-refractivity contribution in [1.29, 1.82) is 0 Å². The molecular formula is C26H21NOS. The fraction of sp³-hybridized carbons (Fsp3) is 0.0385. The van der Waals surface area contributed by atoms with Gasteiger partial charge in [0.15, 0.2) is 0 Å². The first kappa shape index (κ1) is 18.9. The lowest BCUT2D eigenvalue weighted by Crippen LogP contribution is -1.90. The summed E-state index contributed by atoms with van der Waals surface area (Å²) in [5.74, 6) is 0. The van der Waals surface area contributed by atoms with Crippen molar-refractivity contribution in [3.8, 4) is 22.3 Å². The summed E-state index contributed by atoms with van der Waals surface area (Å²) in [6, 6.07) is 26.1. The summed E-state index contributed by atoms with van der Waals surface area (Å²) in [6.07, 6.45) is 0.750. The minimum Gasteiger partial charge on any atom is -0.516 e. The van der Waals surface area contributed by atoms with E-state index in [1.54, 1.807) is 11.3 Å². The van der Waals surface area contributed by atoms with Gasteiger partial charge in [0.2, 0.25) is 0 Å². The SMILES string of the molecule is C=CO.Cc1ccc2cc(-c3ccsc3)cc(-c3cccc4ccccc34)c2n1. The lowest BCUT2D eigenvalue weighted by atomic mass is 9.93. The molecule has 0 saturated carbocycles. The normalized spacial score (nSPS) is 10.5. The molecule has 3 aromatic carbocycles. The third kappa shape index (κ3) is 3.78. The molecule has 0 spiro atoms. The number of fused-ring (bicyclic) bond motifs is 2. The van der Waals surface area contributed by atoms with Crippen molar-refractivity contribution >= 4 is 33.0 Å². The molecule has 5 rings (SSSR count). The number of aliphatic hydroxyl groups is 1. The average Bonchev–Trinajstić information content (AvgIpc) is 3.28. The summed E-state index contributed by atoms with van der Waals surface area (Å²) in [4.78, 5) is 4.88. The van der Waals surface area contributed by atoms with Crippen LogP contribution >= 0.6 is 11.3 Å². The van der Waals surface area contributed by atoms with Crippen LogP contribution in [0.1, 0.15) is 5.69 Å². The summed E-state index contributed by atoms with van der Waals surface area (Å²) in [5, 5.41) is 15.4. The number of benzene rings is 3. The second-order valence-electron chi connectivity index (χ2n) is 6.77.